The molecule has 1 aromatic heterocycles. The summed E-state index contributed by atoms with van der Waals surface area (Å²) < 4.78 is 4.87. The summed E-state index contributed by atoms with van der Waals surface area (Å²) in [5, 5.41) is 14.9. The van der Waals surface area contributed by atoms with Crippen LogP contribution in [0, 0.1) is 13.8 Å². The van der Waals surface area contributed by atoms with E-state index in [0.29, 0.717) is 28.2 Å². The summed E-state index contributed by atoms with van der Waals surface area (Å²) in [7, 11) is 1.26. The minimum absolute atomic E-state index is 0.154. The largest absolute Gasteiger partial charge is 0.478 e. The zero-order valence-electron chi connectivity index (χ0n) is 20.0. The molecule has 3 aromatic rings. The quantitative estimate of drug-likeness (QED) is 0.298. The number of fused-ring (bicyclic) bond motifs is 1. The molecule has 0 spiro atoms. The first kappa shape index (κ1) is 24.5. The lowest BCUT2D eigenvalue weighted by atomic mass is 10.0. The zero-order valence-corrected chi connectivity index (χ0v) is 20.0. The second-order valence-corrected chi connectivity index (χ2v) is 8.48. The highest BCUT2D eigenvalue weighted by molar-refractivity contribution is 6.35. The minimum atomic E-state index is -1.06. The van der Waals surface area contributed by atoms with Gasteiger partial charge in [0, 0.05) is 34.6 Å². The molecule has 4 rings (SSSR count). The molecular weight excluding hydrogens is 462 g/mol. The van der Waals surface area contributed by atoms with Gasteiger partial charge in [0.25, 0.3) is 11.8 Å². The van der Waals surface area contributed by atoms with E-state index in [0.717, 1.165) is 5.56 Å². The monoisotopic (exact) mass is 487 g/mol. The Morgan fingerprint density at radius 2 is 1.83 bits per heavy atom. The van der Waals surface area contributed by atoms with Crippen LogP contribution in [0.15, 0.2) is 48.5 Å². The van der Waals surface area contributed by atoms with Gasteiger partial charge in [0.2, 0.25) is 0 Å². The summed E-state index contributed by atoms with van der Waals surface area (Å²) in [5.41, 5.74) is 4.05. The zero-order chi connectivity index (χ0) is 26.0. The Morgan fingerprint density at radius 1 is 1.11 bits per heavy atom. The third-order valence-electron chi connectivity index (χ3n) is 6.12. The number of carboxylic acids is 1. The number of carboxylic acid groups (broad SMARTS) is 1. The number of benzene rings is 2. The average molecular weight is 488 g/mol. The maximum Gasteiger partial charge on any atom is 0.337 e. The number of carbonyl (C=O) groups is 4. The number of nitrogens with one attached hydrogen (secondary N) is 3. The molecule has 9 heteroatoms. The molecule has 0 radical (unpaired) electrons. The van der Waals surface area contributed by atoms with Gasteiger partial charge in [0.05, 0.1) is 18.2 Å². The maximum absolute atomic E-state index is 13.1. The van der Waals surface area contributed by atoms with Crippen molar-refractivity contribution in [3.05, 3.63) is 87.7 Å². The van der Waals surface area contributed by atoms with Gasteiger partial charge < -0.3 is 25.5 Å². The lowest BCUT2D eigenvalue weighted by Crippen LogP contribution is -2.43. The van der Waals surface area contributed by atoms with E-state index in [4.69, 9.17) is 4.74 Å². The van der Waals surface area contributed by atoms with Gasteiger partial charge in [-0.2, -0.15) is 0 Å². The first-order chi connectivity index (χ1) is 17.2. The molecule has 0 fully saturated rings. The fraction of sp³-hybridized carbons (Fsp3) is 0.185. The summed E-state index contributed by atoms with van der Waals surface area (Å²) in [6, 6.07) is 13.1. The topological polar surface area (TPSA) is 138 Å². The van der Waals surface area contributed by atoms with E-state index in [9.17, 15) is 24.3 Å². The van der Waals surface area contributed by atoms with Crippen LogP contribution in [-0.2, 0) is 20.7 Å². The van der Waals surface area contributed by atoms with Crippen LogP contribution in [0.25, 0.3) is 11.6 Å². The number of amides is 2. The molecule has 1 aliphatic heterocycles. The number of ether oxygens (including phenoxy) is 1. The predicted octanol–water partition coefficient (Wildman–Crippen LogP) is 3.34. The van der Waals surface area contributed by atoms with E-state index < -0.39 is 23.9 Å². The van der Waals surface area contributed by atoms with Crippen molar-refractivity contribution in [2.45, 2.75) is 26.3 Å². The summed E-state index contributed by atoms with van der Waals surface area (Å²) in [6.07, 6.45) is 1.83. The lowest BCUT2D eigenvalue weighted by molar-refractivity contribution is -0.142. The molecule has 1 aliphatic rings. The van der Waals surface area contributed by atoms with Crippen molar-refractivity contribution in [2.75, 3.05) is 12.4 Å². The first-order valence-corrected chi connectivity index (χ1v) is 11.2. The third-order valence-corrected chi connectivity index (χ3v) is 6.12. The molecule has 36 heavy (non-hydrogen) atoms. The van der Waals surface area contributed by atoms with E-state index in [1.807, 2.05) is 30.3 Å². The van der Waals surface area contributed by atoms with Crippen LogP contribution in [-0.4, -0.2) is 47.0 Å². The predicted molar refractivity (Wildman–Crippen MR) is 134 cm³/mol. The van der Waals surface area contributed by atoms with Gasteiger partial charge in [-0.25, -0.2) is 9.59 Å². The van der Waals surface area contributed by atoms with Crippen molar-refractivity contribution >= 4 is 41.1 Å². The molecule has 2 heterocycles. The Kier molecular flexibility index (Phi) is 6.73. The smallest absolute Gasteiger partial charge is 0.337 e. The number of aromatic carboxylic acids is 1. The van der Waals surface area contributed by atoms with Crippen LogP contribution < -0.4 is 10.6 Å². The van der Waals surface area contributed by atoms with Gasteiger partial charge in [0.1, 0.15) is 6.04 Å². The minimum Gasteiger partial charge on any atom is -0.478 e. The van der Waals surface area contributed by atoms with Crippen molar-refractivity contribution < 1.29 is 29.0 Å². The number of aryl methyl sites for hydroxylation is 1. The number of esters is 1. The molecule has 0 saturated heterocycles. The van der Waals surface area contributed by atoms with Gasteiger partial charge in [-0.3, -0.25) is 9.59 Å². The lowest BCUT2D eigenvalue weighted by Gasteiger charge is -2.17. The van der Waals surface area contributed by atoms with Gasteiger partial charge in [0.15, 0.2) is 0 Å². The van der Waals surface area contributed by atoms with Crippen molar-refractivity contribution in [3.8, 4) is 0 Å². The Labute approximate surface area is 207 Å². The summed E-state index contributed by atoms with van der Waals surface area (Å²) in [4.78, 5) is 52.7. The van der Waals surface area contributed by atoms with E-state index in [-0.39, 0.29) is 29.0 Å². The first-order valence-electron chi connectivity index (χ1n) is 11.2. The fourth-order valence-corrected chi connectivity index (χ4v) is 4.28. The van der Waals surface area contributed by atoms with Crippen molar-refractivity contribution in [2.24, 2.45) is 0 Å². The molecule has 4 N–H and O–H groups in total. The van der Waals surface area contributed by atoms with Crippen molar-refractivity contribution in [1.82, 2.24) is 10.3 Å². The van der Waals surface area contributed by atoms with Crippen LogP contribution >= 0.6 is 0 Å². The normalized spacial score (nSPS) is 14.2. The second kappa shape index (κ2) is 9.91. The number of rotatable bonds is 7. The number of methoxy groups -OCH3 is 1. The molecule has 0 unspecified atom stereocenters. The Bertz CT molecular complexity index is 1400. The number of aromatic amines is 1. The molecule has 1 atom stereocenters. The molecule has 0 saturated carbocycles. The summed E-state index contributed by atoms with van der Waals surface area (Å²) >= 11 is 0. The van der Waals surface area contributed by atoms with Crippen LogP contribution in [0.3, 0.4) is 0 Å². The number of hydrogen-bond acceptors (Lipinski definition) is 5. The molecule has 0 bridgehead atoms. The van der Waals surface area contributed by atoms with Gasteiger partial charge in [-0.1, -0.05) is 30.3 Å². The Balaban J connectivity index is 1.63. The highest BCUT2D eigenvalue weighted by atomic mass is 16.5. The Hall–Kier alpha value is -4.66. The molecule has 184 valence electrons. The molecule has 0 aliphatic carbocycles. The maximum atomic E-state index is 13.1. The summed E-state index contributed by atoms with van der Waals surface area (Å²) in [6.45, 7) is 3.31. The van der Waals surface area contributed by atoms with Crippen LogP contribution in [0.1, 0.15) is 48.8 Å². The van der Waals surface area contributed by atoms with Crippen molar-refractivity contribution in [3.63, 3.8) is 0 Å². The molecule has 9 nitrogen and oxygen atoms in total. The van der Waals surface area contributed by atoms with Crippen molar-refractivity contribution in [1.29, 1.82) is 0 Å². The third kappa shape index (κ3) is 4.76. The molecule has 2 aromatic carbocycles. The number of carbonyl (C=O) groups excluding carboxylic acids is 3. The number of H-pyrrole nitrogens is 1. The van der Waals surface area contributed by atoms with E-state index in [1.54, 1.807) is 38.1 Å². The van der Waals surface area contributed by atoms with Gasteiger partial charge >= 0.3 is 11.9 Å². The number of hydrogen-bond donors (Lipinski definition) is 4. The van der Waals surface area contributed by atoms with Crippen LogP contribution in [0.2, 0.25) is 0 Å². The highest BCUT2D eigenvalue weighted by Crippen LogP contribution is 2.34. The number of anilines is 1. The van der Waals surface area contributed by atoms with E-state index in [1.165, 1.54) is 7.11 Å². The van der Waals surface area contributed by atoms with Gasteiger partial charge in [-0.05, 0) is 49.2 Å². The highest BCUT2D eigenvalue weighted by Gasteiger charge is 2.28. The average Bonchev–Trinajstić information content (AvgIpc) is 3.32. The SMILES string of the molecule is COC(=O)[C@@H](Cc1ccccc1)NC(=O)c1ccc2c(c1)C(=Cc1[nH]c(C)c(C(=O)O)c1C)C(=O)N2. The molecular formula is C27H25N3O6. The van der Waals surface area contributed by atoms with E-state index in [2.05, 4.69) is 15.6 Å². The second-order valence-electron chi connectivity index (χ2n) is 8.48. The van der Waals surface area contributed by atoms with Crippen LogP contribution in [0.4, 0.5) is 5.69 Å². The Morgan fingerprint density at radius 3 is 2.47 bits per heavy atom. The van der Waals surface area contributed by atoms with E-state index >= 15 is 0 Å². The standard InChI is InChI=1S/C27H25N3O6/c1-14-21(28-15(2)23(14)26(33)34)13-19-18-12-17(9-10-20(18)29-25(19)32)24(31)30-22(27(35)36-3)11-16-7-5-4-6-8-16/h4-10,12-13,22,28H,11H2,1-3H3,(H,29,32)(H,30,31)(H,33,34)/t22-/m1/s1. The van der Waals surface area contributed by atoms with Gasteiger partial charge in [-0.15, -0.1) is 0 Å². The fourth-order valence-electron chi connectivity index (χ4n) is 4.28. The summed E-state index contributed by atoms with van der Waals surface area (Å²) in [5.74, 6) is -2.50. The molecule has 2 amide bonds. The number of aromatic nitrogens is 1. The van der Waals surface area contributed by atoms with Crippen LogP contribution in [0.5, 0.6) is 0 Å².